The van der Waals surface area contributed by atoms with E-state index in [0.717, 1.165) is 22.9 Å². The molecule has 0 unspecified atom stereocenters. The second-order valence-electron chi connectivity index (χ2n) is 7.19. The maximum Gasteiger partial charge on any atom is 0.174 e. The van der Waals surface area contributed by atoms with Crippen LogP contribution in [-0.4, -0.2) is 41.1 Å². The first-order valence-corrected chi connectivity index (χ1v) is 11.7. The number of aliphatic hydroxyl groups is 1. The quantitative estimate of drug-likeness (QED) is 0.475. The normalized spacial score (nSPS) is 16.3. The van der Waals surface area contributed by atoms with Crippen LogP contribution in [0.4, 0.5) is 5.69 Å². The van der Waals surface area contributed by atoms with Crippen LogP contribution in [0.5, 0.6) is 5.75 Å². The Kier molecular flexibility index (Phi) is 7.36. The van der Waals surface area contributed by atoms with Crippen LogP contribution in [0, 0.1) is 17.3 Å². The minimum Gasteiger partial charge on any atom is -0.495 e. The SMILES string of the molecule is COc1ccc(NC(=S)N2CCS[C@@H]2c2ccc(C#CC(C)(C)CO)s2)cc1Cl. The molecule has 1 aromatic heterocycles. The van der Waals surface area contributed by atoms with Crippen molar-refractivity contribution >= 4 is 57.7 Å². The number of thioether (sulfide) groups is 1. The summed E-state index contributed by atoms with van der Waals surface area (Å²) in [5, 5.41) is 14.0. The highest BCUT2D eigenvalue weighted by atomic mass is 35.5. The maximum atomic E-state index is 9.37. The Morgan fingerprint density at radius 1 is 1.41 bits per heavy atom. The van der Waals surface area contributed by atoms with Crippen molar-refractivity contribution in [1.82, 2.24) is 4.90 Å². The van der Waals surface area contributed by atoms with E-state index >= 15 is 0 Å². The molecule has 0 radical (unpaired) electrons. The molecule has 1 aliphatic rings. The first kappa shape index (κ1) is 22.3. The molecule has 0 aliphatic carbocycles. The van der Waals surface area contributed by atoms with Crippen LogP contribution >= 0.6 is 46.9 Å². The number of aliphatic hydroxyl groups excluding tert-OH is 1. The zero-order valence-electron chi connectivity index (χ0n) is 16.5. The van der Waals surface area contributed by atoms with Crippen molar-refractivity contribution in [3.8, 4) is 17.6 Å². The number of hydrogen-bond acceptors (Lipinski definition) is 5. The number of methoxy groups -OCH3 is 1. The van der Waals surface area contributed by atoms with Crippen molar-refractivity contribution in [2.75, 3.05) is 31.3 Å². The molecule has 2 aromatic rings. The van der Waals surface area contributed by atoms with Gasteiger partial charge in [0.1, 0.15) is 11.1 Å². The molecule has 3 rings (SSSR count). The summed E-state index contributed by atoms with van der Waals surface area (Å²) in [5.74, 6) is 7.97. The molecule has 1 aliphatic heterocycles. The van der Waals surface area contributed by atoms with E-state index in [0.29, 0.717) is 15.9 Å². The second kappa shape index (κ2) is 9.59. The summed E-state index contributed by atoms with van der Waals surface area (Å²) >= 11 is 15.4. The van der Waals surface area contributed by atoms with Crippen LogP contribution < -0.4 is 10.1 Å². The van der Waals surface area contributed by atoms with Crippen LogP contribution in [0.3, 0.4) is 0 Å². The molecule has 1 aromatic carbocycles. The molecule has 0 saturated carbocycles. The average Bonchev–Trinajstić information content (AvgIpc) is 3.36. The van der Waals surface area contributed by atoms with Gasteiger partial charge in [0, 0.05) is 28.3 Å². The molecule has 0 bridgehead atoms. The van der Waals surface area contributed by atoms with Crippen LogP contribution in [-0.2, 0) is 0 Å². The lowest BCUT2D eigenvalue weighted by Crippen LogP contribution is -2.33. The van der Waals surface area contributed by atoms with Crippen molar-refractivity contribution in [2.45, 2.75) is 19.2 Å². The molecule has 4 nitrogen and oxygen atoms in total. The summed E-state index contributed by atoms with van der Waals surface area (Å²) in [6.07, 6.45) is 0. The molecule has 1 atom stereocenters. The van der Waals surface area contributed by atoms with E-state index in [4.69, 9.17) is 28.6 Å². The van der Waals surface area contributed by atoms with Crippen LogP contribution in [0.1, 0.15) is 29.0 Å². The van der Waals surface area contributed by atoms with Gasteiger partial charge in [0.25, 0.3) is 0 Å². The van der Waals surface area contributed by atoms with Crippen molar-refractivity contribution < 1.29 is 9.84 Å². The number of rotatable bonds is 4. The van der Waals surface area contributed by atoms with Crippen molar-refractivity contribution in [1.29, 1.82) is 0 Å². The number of nitrogens with one attached hydrogen (secondary N) is 1. The number of anilines is 1. The smallest absolute Gasteiger partial charge is 0.174 e. The summed E-state index contributed by atoms with van der Waals surface area (Å²) in [6.45, 7) is 4.78. The number of nitrogens with zero attached hydrogens (tertiary/aromatic N) is 1. The van der Waals surface area contributed by atoms with Gasteiger partial charge in [-0.2, -0.15) is 0 Å². The second-order valence-corrected chi connectivity index (χ2v) is 10.3. The fraction of sp³-hybridized carbons (Fsp3) is 0.381. The minimum atomic E-state index is -0.399. The summed E-state index contributed by atoms with van der Waals surface area (Å²) < 4.78 is 5.20. The first-order chi connectivity index (χ1) is 13.8. The average molecular weight is 467 g/mol. The number of ether oxygens (including phenoxy) is 1. The summed E-state index contributed by atoms with van der Waals surface area (Å²) in [7, 11) is 1.59. The van der Waals surface area contributed by atoms with Gasteiger partial charge in [0.15, 0.2) is 5.11 Å². The lowest BCUT2D eigenvalue weighted by Gasteiger charge is -2.26. The Hall–Kier alpha value is -1.43. The lowest BCUT2D eigenvalue weighted by atomic mass is 9.96. The molecule has 29 heavy (non-hydrogen) atoms. The Balaban J connectivity index is 1.71. The first-order valence-electron chi connectivity index (χ1n) is 9.09. The molecule has 2 heterocycles. The monoisotopic (exact) mass is 466 g/mol. The summed E-state index contributed by atoms with van der Waals surface area (Å²) in [4.78, 5) is 4.41. The molecule has 0 spiro atoms. The van der Waals surface area contributed by atoms with Crippen molar-refractivity contribution in [3.63, 3.8) is 0 Å². The van der Waals surface area contributed by atoms with E-state index in [9.17, 15) is 5.11 Å². The van der Waals surface area contributed by atoms with Gasteiger partial charge in [-0.05, 0) is 56.4 Å². The number of halogens is 1. The van der Waals surface area contributed by atoms with Gasteiger partial charge in [0.2, 0.25) is 0 Å². The topological polar surface area (TPSA) is 44.7 Å². The fourth-order valence-electron chi connectivity index (χ4n) is 2.68. The summed E-state index contributed by atoms with van der Waals surface area (Å²) in [6, 6.07) is 9.69. The number of thiocarbonyl (C=S) groups is 1. The maximum absolute atomic E-state index is 9.37. The predicted octanol–water partition coefficient (Wildman–Crippen LogP) is 5.22. The van der Waals surface area contributed by atoms with Gasteiger partial charge in [-0.15, -0.1) is 23.1 Å². The van der Waals surface area contributed by atoms with Gasteiger partial charge >= 0.3 is 0 Å². The predicted molar refractivity (Wildman–Crippen MR) is 128 cm³/mol. The third-order valence-corrected chi connectivity index (χ3v) is 7.42. The lowest BCUT2D eigenvalue weighted by molar-refractivity contribution is 0.207. The Bertz CT molecular complexity index is 949. The molecule has 2 N–H and O–H groups in total. The third kappa shape index (κ3) is 5.59. The zero-order chi connectivity index (χ0) is 21.0. The molecule has 154 valence electrons. The number of benzene rings is 1. The van der Waals surface area contributed by atoms with E-state index in [-0.39, 0.29) is 12.0 Å². The summed E-state index contributed by atoms with van der Waals surface area (Å²) in [5.41, 5.74) is 0.434. The highest BCUT2D eigenvalue weighted by Crippen LogP contribution is 2.41. The number of thiophene rings is 1. The molecule has 8 heteroatoms. The Labute approximate surface area is 190 Å². The van der Waals surface area contributed by atoms with Gasteiger partial charge in [-0.3, -0.25) is 0 Å². The molecule has 0 amide bonds. The largest absolute Gasteiger partial charge is 0.495 e. The van der Waals surface area contributed by atoms with E-state index in [1.807, 2.05) is 49.9 Å². The minimum absolute atomic E-state index is 0.0415. The van der Waals surface area contributed by atoms with Crippen LogP contribution in [0.25, 0.3) is 0 Å². The van der Waals surface area contributed by atoms with E-state index in [1.165, 1.54) is 4.88 Å². The van der Waals surface area contributed by atoms with Crippen LogP contribution in [0.2, 0.25) is 5.02 Å². The number of hydrogen-bond donors (Lipinski definition) is 2. The Morgan fingerprint density at radius 3 is 2.90 bits per heavy atom. The third-order valence-electron chi connectivity index (χ3n) is 4.34. The fourth-order valence-corrected chi connectivity index (χ4v) is 5.68. The van der Waals surface area contributed by atoms with Crippen molar-refractivity contribution in [2.24, 2.45) is 5.41 Å². The zero-order valence-corrected chi connectivity index (χ0v) is 19.7. The van der Waals surface area contributed by atoms with Crippen LogP contribution in [0.15, 0.2) is 30.3 Å². The van der Waals surface area contributed by atoms with E-state index < -0.39 is 5.41 Å². The highest BCUT2D eigenvalue weighted by molar-refractivity contribution is 7.99. The molecule has 1 saturated heterocycles. The van der Waals surface area contributed by atoms with Gasteiger partial charge in [-0.25, -0.2) is 0 Å². The standard InChI is InChI=1S/C21H23ClN2O2S3/c1-21(2,13-25)9-8-15-5-7-18(29-15)19-24(10-11-28-19)20(27)23-14-4-6-17(26-3)16(22)12-14/h4-7,12,19,25H,10-11,13H2,1-3H3,(H,23,27)/t19-/m1/s1. The van der Waals surface area contributed by atoms with E-state index in [2.05, 4.69) is 28.1 Å². The molecular formula is C21H23ClN2O2S3. The van der Waals surface area contributed by atoms with E-state index in [1.54, 1.807) is 18.4 Å². The molecule has 1 fully saturated rings. The van der Waals surface area contributed by atoms with Gasteiger partial charge in [-0.1, -0.05) is 23.4 Å². The molecular weight excluding hydrogens is 444 g/mol. The Morgan fingerprint density at radius 2 is 2.21 bits per heavy atom. The highest BCUT2D eigenvalue weighted by Gasteiger charge is 2.30. The van der Waals surface area contributed by atoms with Gasteiger partial charge in [0.05, 0.1) is 23.6 Å². The van der Waals surface area contributed by atoms with Crippen molar-refractivity contribution in [3.05, 3.63) is 45.1 Å². The van der Waals surface area contributed by atoms with Gasteiger partial charge < -0.3 is 20.1 Å².